The summed E-state index contributed by atoms with van der Waals surface area (Å²) in [5, 5.41) is 10.7. The van der Waals surface area contributed by atoms with Crippen LogP contribution in [0.3, 0.4) is 0 Å². The molecule has 96 valence electrons. The number of nitrogens with zero attached hydrogens (tertiary/aromatic N) is 3. The van der Waals surface area contributed by atoms with Gasteiger partial charge in [0.25, 0.3) is 0 Å². The third kappa shape index (κ3) is 2.89. The predicted octanol–water partition coefficient (Wildman–Crippen LogP) is 2.62. The van der Waals surface area contributed by atoms with Crippen molar-refractivity contribution in [3.8, 4) is 0 Å². The zero-order valence-corrected chi connectivity index (χ0v) is 11.0. The molecule has 0 amide bonds. The summed E-state index contributed by atoms with van der Waals surface area (Å²) < 4.78 is 2.05. The molecule has 0 aliphatic heterocycles. The van der Waals surface area contributed by atoms with Crippen LogP contribution in [0, 0.1) is 0 Å². The van der Waals surface area contributed by atoms with Crippen molar-refractivity contribution in [2.45, 2.75) is 32.4 Å². The smallest absolute Gasteiger partial charge is 0.111 e. The highest BCUT2D eigenvalue weighted by atomic mass is 35.5. The van der Waals surface area contributed by atoms with E-state index in [1.165, 1.54) is 0 Å². The Morgan fingerprint density at radius 3 is 3.00 bits per heavy atom. The average molecular weight is 266 g/mol. The van der Waals surface area contributed by atoms with E-state index in [9.17, 15) is 5.11 Å². The molecule has 0 fully saturated rings. The zero-order chi connectivity index (χ0) is 13.0. The molecule has 5 heteroatoms. The molecule has 0 bridgehead atoms. The van der Waals surface area contributed by atoms with E-state index in [2.05, 4.69) is 21.5 Å². The van der Waals surface area contributed by atoms with Crippen LogP contribution in [0.25, 0.3) is 0 Å². The molecular formula is C13H16ClN3O. The molecule has 2 aromatic heterocycles. The second-order valence-electron chi connectivity index (χ2n) is 4.15. The summed E-state index contributed by atoms with van der Waals surface area (Å²) in [7, 11) is 0. The molecule has 0 aliphatic carbocycles. The van der Waals surface area contributed by atoms with E-state index in [1.54, 1.807) is 24.7 Å². The van der Waals surface area contributed by atoms with Crippen molar-refractivity contribution >= 4 is 11.6 Å². The highest BCUT2D eigenvalue weighted by Gasteiger charge is 2.14. The summed E-state index contributed by atoms with van der Waals surface area (Å²) in [5.41, 5.74) is 0.692. The maximum Gasteiger partial charge on any atom is 0.111 e. The van der Waals surface area contributed by atoms with Crippen LogP contribution in [0.4, 0.5) is 0 Å². The molecule has 0 aliphatic rings. The topological polar surface area (TPSA) is 50.9 Å². The molecule has 2 rings (SSSR count). The van der Waals surface area contributed by atoms with E-state index in [4.69, 9.17) is 11.6 Å². The molecule has 0 aromatic carbocycles. The van der Waals surface area contributed by atoms with Gasteiger partial charge in [-0.15, -0.1) is 0 Å². The van der Waals surface area contributed by atoms with Crippen LogP contribution < -0.4 is 0 Å². The lowest BCUT2D eigenvalue weighted by molar-refractivity contribution is 0.174. The van der Waals surface area contributed by atoms with E-state index >= 15 is 0 Å². The normalized spacial score (nSPS) is 12.6. The lowest BCUT2D eigenvalue weighted by atomic mass is 10.1. The van der Waals surface area contributed by atoms with E-state index in [0.717, 1.165) is 18.8 Å². The fourth-order valence-electron chi connectivity index (χ4n) is 1.91. The van der Waals surface area contributed by atoms with Crippen molar-refractivity contribution in [3.05, 3.63) is 47.3 Å². The number of aliphatic hydroxyl groups excluding tert-OH is 1. The summed E-state index contributed by atoms with van der Waals surface area (Å²) in [6.45, 7) is 3.02. The van der Waals surface area contributed by atoms with Crippen LogP contribution in [0.2, 0.25) is 5.02 Å². The van der Waals surface area contributed by atoms with Crippen molar-refractivity contribution in [1.82, 2.24) is 14.5 Å². The zero-order valence-electron chi connectivity index (χ0n) is 10.3. The maximum absolute atomic E-state index is 10.2. The minimum Gasteiger partial charge on any atom is -0.388 e. The monoisotopic (exact) mass is 265 g/mol. The highest BCUT2D eigenvalue weighted by molar-refractivity contribution is 6.31. The number of pyridine rings is 1. The molecule has 0 saturated heterocycles. The minimum absolute atomic E-state index is 0.455. The second-order valence-corrected chi connectivity index (χ2v) is 4.56. The second kappa shape index (κ2) is 5.98. The van der Waals surface area contributed by atoms with Gasteiger partial charge in [0.05, 0.1) is 11.1 Å². The number of aromatic nitrogens is 3. The first kappa shape index (κ1) is 13.1. The Morgan fingerprint density at radius 1 is 1.44 bits per heavy atom. The molecule has 2 aromatic rings. The van der Waals surface area contributed by atoms with Crippen molar-refractivity contribution in [1.29, 1.82) is 0 Å². The molecule has 18 heavy (non-hydrogen) atoms. The van der Waals surface area contributed by atoms with E-state index in [-0.39, 0.29) is 0 Å². The lowest BCUT2D eigenvalue weighted by Gasteiger charge is -2.13. The van der Waals surface area contributed by atoms with E-state index < -0.39 is 6.10 Å². The Bertz CT molecular complexity index is 512. The number of rotatable bonds is 5. The van der Waals surface area contributed by atoms with E-state index in [0.29, 0.717) is 17.0 Å². The number of halogens is 1. The largest absolute Gasteiger partial charge is 0.388 e. The first-order valence-corrected chi connectivity index (χ1v) is 6.37. The summed E-state index contributed by atoms with van der Waals surface area (Å²) in [4.78, 5) is 8.18. The number of aryl methyl sites for hydroxylation is 1. The number of hydrogen-bond donors (Lipinski definition) is 1. The number of hydrogen-bond acceptors (Lipinski definition) is 3. The quantitative estimate of drug-likeness (QED) is 0.904. The Kier molecular flexibility index (Phi) is 4.33. The summed E-state index contributed by atoms with van der Waals surface area (Å²) in [6, 6.07) is 1.74. The van der Waals surface area contributed by atoms with Crippen molar-refractivity contribution in [2.75, 3.05) is 0 Å². The molecule has 0 saturated carbocycles. The average Bonchev–Trinajstić information content (AvgIpc) is 2.78. The maximum atomic E-state index is 10.2. The van der Waals surface area contributed by atoms with Gasteiger partial charge in [0, 0.05) is 43.3 Å². The first-order valence-electron chi connectivity index (χ1n) is 6.00. The fourth-order valence-corrected chi connectivity index (χ4v) is 2.16. The van der Waals surface area contributed by atoms with Gasteiger partial charge in [-0.25, -0.2) is 4.98 Å². The third-order valence-corrected chi connectivity index (χ3v) is 3.12. The molecule has 1 atom stereocenters. The fraction of sp³-hybridized carbons (Fsp3) is 0.385. The van der Waals surface area contributed by atoms with Gasteiger partial charge < -0.3 is 9.67 Å². The van der Waals surface area contributed by atoms with Crippen LogP contribution in [0.5, 0.6) is 0 Å². The van der Waals surface area contributed by atoms with Gasteiger partial charge in [-0.1, -0.05) is 18.5 Å². The molecule has 1 unspecified atom stereocenters. The van der Waals surface area contributed by atoms with Crippen LogP contribution in [-0.2, 0) is 13.0 Å². The highest BCUT2D eigenvalue weighted by Crippen LogP contribution is 2.24. The first-order chi connectivity index (χ1) is 8.72. The predicted molar refractivity (Wildman–Crippen MR) is 70.4 cm³/mol. The van der Waals surface area contributed by atoms with E-state index in [1.807, 2.05) is 6.20 Å². The Morgan fingerprint density at radius 2 is 2.28 bits per heavy atom. The van der Waals surface area contributed by atoms with Crippen LogP contribution in [0.15, 0.2) is 30.9 Å². The Balaban J connectivity index is 2.14. The van der Waals surface area contributed by atoms with Gasteiger partial charge in [-0.2, -0.15) is 0 Å². The van der Waals surface area contributed by atoms with Gasteiger partial charge in [-0.05, 0) is 12.5 Å². The summed E-state index contributed by atoms with van der Waals surface area (Å²) in [5.74, 6) is 0.872. The van der Waals surface area contributed by atoms with Crippen LogP contribution >= 0.6 is 11.6 Å². The molecule has 2 heterocycles. The molecule has 1 N–H and O–H groups in total. The van der Waals surface area contributed by atoms with Gasteiger partial charge in [0.15, 0.2) is 0 Å². The molecule has 0 spiro atoms. The van der Waals surface area contributed by atoms with Crippen molar-refractivity contribution < 1.29 is 5.11 Å². The Hall–Kier alpha value is -1.39. The van der Waals surface area contributed by atoms with Gasteiger partial charge in [-0.3, -0.25) is 4.98 Å². The summed E-state index contributed by atoms with van der Waals surface area (Å²) in [6.07, 6.45) is 7.69. The lowest BCUT2D eigenvalue weighted by Crippen LogP contribution is -2.09. The van der Waals surface area contributed by atoms with Crippen LogP contribution in [0.1, 0.15) is 30.8 Å². The SMILES string of the molecule is CCCn1ccnc1CC(O)c1ccncc1Cl. The van der Waals surface area contributed by atoms with Crippen LogP contribution in [-0.4, -0.2) is 19.6 Å². The minimum atomic E-state index is -0.654. The number of imidazole rings is 1. The van der Waals surface area contributed by atoms with Gasteiger partial charge in [0.2, 0.25) is 0 Å². The molecule has 0 radical (unpaired) electrons. The summed E-state index contributed by atoms with van der Waals surface area (Å²) >= 11 is 6.01. The molecule has 4 nitrogen and oxygen atoms in total. The van der Waals surface area contributed by atoms with Crippen molar-refractivity contribution in [2.24, 2.45) is 0 Å². The van der Waals surface area contributed by atoms with Crippen molar-refractivity contribution in [3.63, 3.8) is 0 Å². The Labute approximate surface area is 111 Å². The number of aliphatic hydroxyl groups is 1. The third-order valence-electron chi connectivity index (χ3n) is 2.80. The van der Waals surface area contributed by atoms with Gasteiger partial charge >= 0.3 is 0 Å². The van der Waals surface area contributed by atoms with Gasteiger partial charge in [0.1, 0.15) is 5.82 Å². The molecular weight excluding hydrogens is 250 g/mol. The standard InChI is InChI=1S/C13H16ClN3O/c1-2-6-17-7-5-16-13(17)8-12(18)10-3-4-15-9-11(10)14/h3-5,7,9,12,18H,2,6,8H2,1H3.